The molecule has 0 amide bonds. The lowest BCUT2D eigenvalue weighted by Crippen LogP contribution is -2.04. The SMILES string of the molecule is CNc1cc(CC(C)C)nc2c(F)c(F)cc(F)c12. The quantitative estimate of drug-likeness (QED) is 0.854. The zero-order chi connectivity index (χ0) is 14.2. The number of aromatic nitrogens is 1. The van der Waals surface area contributed by atoms with Crippen molar-refractivity contribution in [3.05, 3.63) is 35.3 Å². The highest BCUT2D eigenvalue weighted by Crippen LogP contribution is 2.29. The monoisotopic (exact) mass is 268 g/mol. The summed E-state index contributed by atoms with van der Waals surface area (Å²) in [7, 11) is 1.61. The predicted octanol–water partition coefficient (Wildman–Crippen LogP) is 3.89. The van der Waals surface area contributed by atoms with Gasteiger partial charge in [0.25, 0.3) is 0 Å². The first-order valence-electron chi connectivity index (χ1n) is 6.09. The van der Waals surface area contributed by atoms with Crippen LogP contribution in [0, 0.1) is 23.4 Å². The third-order valence-electron chi connectivity index (χ3n) is 2.87. The molecule has 2 nitrogen and oxygen atoms in total. The second kappa shape index (κ2) is 5.07. The van der Waals surface area contributed by atoms with Crippen LogP contribution in [0.1, 0.15) is 19.5 Å². The Morgan fingerprint density at radius 2 is 1.84 bits per heavy atom. The molecule has 0 radical (unpaired) electrons. The molecule has 1 N–H and O–H groups in total. The average molecular weight is 268 g/mol. The van der Waals surface area contributed by atoms with Crippen molar-refractivity contribution in [2.45, 2.75) is 20.3 Å². The molecule has 0 bridgehead atoms. The van der Waals surface area contributed by atoms with Crippen molar-refractivity contribution < 1.29 is 13.2 Å². The Kier molecular flexibility index (Phi) is 3.64. The third kappa shape index (κ3) is 2.50. The molecule has 0 spiro atoms. The molecule has 0 aliphatic heterocycles. The third-order valence-corrected chi connectivity index (χ3v) is 2.87. The van der Waals surface area contributed by atoms with Gasteiger partial charge in [-0.25, -0.2) is 18.2 Å². The lowest BCUT2D eigenvalue weighted by Gasteiger charge is -2.12. The van der Waals surface area contributed by atoms with E-state index in [0.717, 1.165) is 0 Å². The second-order valence-corrected chi connectivity index (χ2v) is 4.89. The Morgan fingerprint density at radius 1 is 1.16 bits per heavy atom. The van der Waals surface area contributed by atoms with E-state index in [-0.39, 0.29) is 10.9 Å². The van der Waals surface area contributed by atoms with Crippen LogP contribution in [0.4, 0.5) is 18.9 Å². The molecule has 0 saturated carbocycles. The number of nitrogens with zero attached hydrogens (tertiary/aromatic N) is 1. The maximum atomic E-state index is 13.8. The molecular formula is C14H15F3N2. The summed E-state index contributed by atoms with van der Waals surface area (Å²) in [5, 5.41) is 2.78. The molecule has 1 heterocycles. The van der Waals surface area contributed by atoms with Gasteiger partial charge in [0.1, 0.15) is 11.3 Å². The van der Waals surface area contributed by atoms with E-state index in [0.29, 0.717) is 29.8 Å². The van der Waals surface area contributed by atoms with Gasteiger partial charge >= 0.3 is 0 Å². The van der Waals surface area contributed by atoms with Gasteiger partial charge in [-0.3, -0.25) is 0 Å². The molecule has 0 aliphatic rings. The summed E-state index contributed by atoms with van der Waals surface area (Å²) in [4.78, 5) is 4.05. The van der Waals surface area contributed by atoms with Crippen molar-refractivity contribution in [1.82, 2.24) is 4.98 Å². The van der Waals surface area contributed by atoms with Gasteiger partial charge in [0.2, 0.25) is 0 Å². The molecular weight excluding hydrogens is 253 g/mol. The van der Waals surface area contributed by atoms with E-state index in [1.807, 2.05) is 13.8 Å². The first-order chi connectivity index (χ1) is 8.93. The maximum absolute atomic E-state index is 13.8. The number of pyridine rings is 1. The van der Waals surface area contributed by atoms with Crippen LogP contribution in [-0.2, 0) is 6.42 Å². The maximum Gasteiger partial charge on any atom is 0.185 e. The molecule has 0 unspecified atom stereocenters. The van der Waals surface area contributed by atoms with E-state index < -0.39 is 17.5 Å². The van der Waals surface area contributed by atoms with Gasteiger partial charge in [-0.05, 0) is 18.4 Å². The van der Waals surface area contributed by atoms with Crippen molar-refractivity contribution >= 4 is 16.6 Å². The van der Waals surface area contributed by atoms with Crippen LogP contribution in [0.5, 0.6) is 0 Å². The highest BCUT2D eigenvalue weighted by Gasteiger charge is 2.17. The number of nitrogens with one attached hydrogen (secondary N) is 1. The molecule has 0 saturated heterocycles. The number of benzene rings is 1. The van der Waals surface area contributed by atoms with Gasteiger partial charge in [-0.1, -0.05) is 13.8 Å². The van der Waals surface area contributed by atoms with Gasteiger partial charge in [0, 0.05) is 24.5 Å². The Bertz CT molecular complexity index is 624. The molecule has 1 aromatic heterocycles. The fourth-order valence-electron chi connectivity index (χ4n) is 2.08. The summed E-state index contributed by atoms with van der Waals surface area (Å²) in [6.07, 6.45) is 0.613. The fraction of sp³-hybridized carbons (Fsp3) is 0.357. The highest BCUT2D eigenvalue weighted by atomic mass is 19.2. The van der Waals surface area contributed by atoms with Crippen LogP contribution < -0.4 is 5.32 Å². The molecule has 1 aromatic carbocycles. The van der Waals surface area contributed by atoms with Crippen molar-refractivity contribution in [3.8, 4) is 0 Å². The predicted molar refractivity (Wildman–Crippen MR) is 69.7 cm³/mol. The van der Waals surface area contributed by atoms with Gasteiger partial charge in [0.15, 0.2) is 11.6 Å². The van der Waals surface area contributed by atoms with E-state index in [1.165, 1.54) is 0 Å². The molecule has 2 aromatic rings. The van der Waals surface area contributed by atoms with Gasteiger partial charge in [0.05, 0.1) is 5.39 Å². The fourth-order valence-corrected chi connectivity index (χ4v) is 2.08. The number of hydrogen-bond donors (Lipinski definition) is 1. The molecule has 19 heavy (non-hydrogen) atoms. The Hall–Kier alpha value is -1.78. The summed E-state index contributed by atoms with van der Waals surface area (Å²) in [6.45, 7) is 3.99. The molecule has 0 fully saturated rings. The largest absolute Gasteiger partial charge is 0.387 e. The van der Waals surface area contributed by atoms with Gasteiger partial charge < -0.3 is 5.32 Å². The minimum absolute atomic E-state index is 0.0195. The Labute approximate surface area is 109 Å². The topological polar surface area (TPSA) is 24.9 Å². The second-order valence-electron chi connectivity index (χ2n) is 4.89. The molecule has 2 rings (SSSR count). The Morgan fingerprint density at radius 3 is 2.42 bits per heavy atom. The smallest absolute Gasteiger partial charge is 0.185 e. The van der Waals surface area contributed by atoms with Crippen LogP contribution in [0.2, 0.25) is 0 Å². The lowest BCUT2D eigenvalue weighted by molar-refractivity contribution is 0.503. The van der Waals surface area contributed by atoms with Crippen molar-refractivity contribution in [3.63, 3.8) is 0 Å². The van der Waals surface area contributed by atoms with E-state index >= 15 is 0 Å². The first kappa shape index (κ1) is 13.6. The number of anilines is 1. The number of halogens is 3. The summed E-state index contributed by atoms with van der Waals surface area (Å²) in [6, 6.07) is 2.21. The summed E-state index contributed by atoms with van der Waals surface area (Å²) in [5.41, 5.74) is 0.757. The van der Waals surface area contributed by atoms with Crippen LogP contribution in [0.15, 0.2) is 12.1 Å². The van der Waals surface area contributed by atoms with Gasteiger partial charge in [-0.2, -0.15) is 0 Å². The van der Waals surface area contributed by atoms with Crippen molar-refractivity contribution in [2.75, 3.05) is 12.4 Å². The molecule has 0 atom stereocenters. The molecule has 0 aliphatic carbocycles. The standard InChI is InChI=1S/C14H15F3N2/c1-7(2)4-8-5-11(18-3)12-9(15)6-10(16)13(17)14(12)19-8/h5-7H,4H2,1-3H3,(H,18,19). The van der Waals surface area contributed by atoms with Crippen LogP contribution >= 0.6 is 0 Å². The zero-order valence-corrected chi connectivity index (χ0v) is 11.0. The number of rotatable bonds is 3. The van der Waals surface area contributed by atoms with E-state index in [9.17, 15) is 13.2 Å². The van der Waals surface area contributed by atoms with E-state index in [4.69, 9.17) is 0 Å². The summed E-state index contributed by atoms with van der Waals surface area (Å²) in [5.74, 6) is -2.84. The van der Waals surface area contributed by atoms with E-state index in [2.05, 4.69) is 10.3 Å². The number of hydrogen-bond acceptors (Lipinski definition) is 2. The van der Waals surface area contributed by atoms with E-state index in [1.54, 1.807) is 13.1 Å². The Balaban J connectivity index is 2.77. The van der Waals surface area contributed by atoms with Crippen molar-refractivity contribution in [2.24, 2.45) is 5.92 Å². The average Bonchev–Trinajstić information content (AvgIpc) is 2.34. The van der Waals surface area contributed by atoms with Crippen LogP contribution in [0.25, 0.3) is 10.9 Å². The number of fused-ring (bicyclic) bond motifs is 1. The minimum atomic E-state index is -1.22. The zero-order valence-electron chi connectivity index (χ0n) is 11.0. The summed E-state index contributed by atoms with van der Waals surface area (Å²) >= 11 is 0. The highest BCUT2D eigenvalue weighted by molar-refractivity contribution is 5.92. The molecule has 102 valence electrons. The minimum Gasteiger partial charge on any atom is -0.387 e. The van der Waals surface area contributed by atoms with Gasteiger partial charge in [-0.15, -0.1) is 0 Å². The summed E-state index contributed by atoms with van der Waals surface area (Å²) < 4.78 is 40.8. The lowest BCUT2D eigenvalue weighted by atomic mass is 10.0. The molecule has 5 heteroatoms. The normalized spacial score (nSPS) is 11.3. The first-order valence-corrected chi connectivity index (χ1v) is 6.09. The van der Waals surface area contributed by atoms with Crippen molar-refractivity contribution in [1.29, 1.82) is 0 Å². The van der Waals surface area contributed by atoms with Crippen LogP contribution in [-0.4, -0.2) is 12.0 Å². The van der Waals surface area contributed by atoms with Crippen LogP contribution in [0.3, 0.4) is 0 Å².